The molecule has 0 aliphatic carbocycles. The molecule has 0 aromatic heterocycles. The molecule has 0 aliphatic rings. The van der Waals surface area contributed by atoms with Crippen molar-refractivity contribution in [1.82, 2.24) is 0 Å². The van der Waals surface area contributed by atoms with Gasteiger partial charge in [-0.25, -0.2) is 4.57 Å². The first-order chi connectivity index (χ1) is 20.5. The minimum absolute atomic E-state index is 0.000525. The van der Waals surface area contributed by atoms with Crippen LogP contribution in [-0.4, -0.2) is 74.9 Å². The molecule has 9 nitrogen and oxygen atoms in total. The third-order valence-corrected chi connectivity index (χ3v) is 6.39. The number of ether oxygens (including phenoxy) is 2. The molecule has 242 valence electrons. The van der Waals surface area contributed by atoms with Crippen LogP contribution in [0.4, 0.5) is 0 Å². The molecule has 2 atom stereocenters. The van der Waals surface area contributed by atoms with Crippen LogP contribution in [0.2, 0.25) is 0 Å². The van der Waals surface area contributed by atoms with Gasteiger partial charge in [0.2, 0.25) is 0 Å². The summed E-state index contributed by atoms with van der Waals surface area (Å²) in [6.45, 7) is 3.64. The second kappa shape index (κ2) is 25.7. The van der Waals surface area contributed by atoms with E-state index in [2.05, 4.69) is 24.3 Å². The molecule has 0 rings (SSSR count). The summed E-state index contributed by atoms with van der Waals surface area (Å²) >= 11 is 0. The minimum Gasteiger partial charge on any atom is -0.461 e. The monoisotopic (exact) mass is 622 g/mol. The van der Waals surface area contributed by atoms with E-state index in [-0.39, 0.29) is 26.1 Å². The fourth-order valence-corrected chi connectivity index (χ4v) is 3.78. The quantitative estimate of drug-likeness (QED) is 0.0534. The molecule has 0 spiro atoms. The molecule has 0 fully saturated rings. The van der Waals surface area contributed by atoms with Gasteiger partial charge >= 0.3 is 19.8 Å². The van der Waals surface area contributed by atoms with Gasteiger partial charge in [0, 0.05) is 0 Å². The van der Waals surface area contributed by atoms with Gasteiger partial charge in [-0.15, -0.1) is 0 Å². The number of quaternary nitrogens is 1. The Morgan fingerprint density at radius 1 is 0.674 bits per heavy atom. The van der Waals surface area contributed by atoms with Crippen molar-refractivity contribution < 1.29 is 42.1 Å². The summed E-state index contributed by atoms with van der Waals surface area (Å²) in [5, 5.41) is 0. The first-order valence-corrected chi connectivity index (χ1v) is 16.2. The number of carbonyl (C=O) groups is 2. The molecule has 1 N–H and O–H groups in total. The van der Waals surface area contributed by atoms with E-state index in [0.29, 0.717) is 23.9 Å². The molecule has 0 radical (unpaired) electrons. The fraction of sp³-hybridized carbons (Fsp3) is 0.515. The lowest BCUT2D eigenvalue weighted by molar-refractivity contribution is -0.870. The van der Waals surface area contributed by atoms with E-state index < -0.39 is 32.5 Å². The van der Waals surface area contributed by atoms with Crippen LogP contribution >= 0.6 is 7.82 Å². The van der Waals surface area contributed by atoms with Gasteiger partial charge in [0.05, 0.1) is 40.6 Å². The fourth-order valence-electron chi connectivity index (χ4n) is 3.03. The average molecular weight is 623 g/mol. The van der Waals surface area contributed by atoms with E-state index in [1.165, 1.54) is 0 Å². The number of rotatable bonds is 24. The van der Waals surface area contributed by atoms with Crippen LogP contribution in [0.5, 0.6) is 0 Å². The molecule has 0 saturated carbocycles. The summed E-state index contributed by atoms with van der Waals surface area (Å²) in [6, 6.07) is 0. The van der Waals surface area contributed by atoms with Gasteiger partial charge in [-0.1, -0.05) is 85.1 Å². The highest BCUT2D eigenvalue weighted by Crippen LogP contribution is 2.43. The van der Waals surface area contributed by atoms with Crippen molar-refractivity contribution in [3.8, 4) is 0 Å². The van der Waals surface area contributed by atoms with Crippen LogP contribution in [0.3, 0.4) is 0 Å². The SMILES string of the molecule is CC=CCC=CCC=CCC=CCC(=O)OC[C@H](COP(=O)(O)OCC[N+](C)(C)C)OC(=O)CC=CCC=CCC=CC. The highest BCUT2D eigenvalue weighted by atomic mass is 31.2. The van der Waals surface area contributed by atoms with E-state index in [0.717, 1.165) is 19.3 Å². The summed E-state index contributed by atoms with van der Waals surface area (Å²) in [5.74, 6) is -1.11. The normalized spacial score (nSPS) is 15.2. The molecular formula is C33H53NO8P+. The van der Waals surface area contributed by atoms with E-state index in [1.54, 1.807) is 12.2 Å². The number of nitrogens with zero attached hydrogens (tertiary/aromatic N) is 1. The summed E-state index contributed by atoms with van der Waals surface area (Å²) in [5.41, 5.74) is 0. The van der Waals surface area contributed by atoms with Crippen molar-refractivity contribution in [2.24, 2.45) is 0 Å². The van der Waals surface area contributed by atoms with E-state index >= 15 is 0 Å². The number of esters is 2. The number of phosphoric ester groups is 1. The van der Waals surface area contributed by atoms with Gasteiger partial charge in [-0.05, 0) is 46.0 Å². The molecule has 0 aliphatic heterocycles. The van der Waals surface area contributed by atoms with E-state index in [4.69, 9.17) is 18.5 Å². The Morgan fingerprint density at radius 2 is 1.12 bits per heavy atom. The second-order valence-corrected chi connectivity index (χ2v) is 11.9. The van der Waals surface area contributed by atoms with Crippen LogP contribution in [-0.2, 0) is 32.7 Å². The topological polar surface area (TPSA) is 108 Å². The summed E-state index contributed by atoms with van der Waals surface area (Å²) in [6.07, 6.45) is 30.4. The molecular weight excluding hydrogens is 569 g/mol. The van der Waals surface area contributed by atoms with Gasteiger partial charge in [0.15, 0.2) is 6.10 Å². The van der Waals surface area contributed by atoms with Crippen molar-refractivity contribution in [1.29, 1.82) is 0 Å². The number of carbonyl (C=O) groups excluding carboxylic acids is 2. The smallest absolute Gasteiger partial charge is 0.461 e. The average Bonchev–Trinajstić information content (AvgIpc) is 2.93. The highest BCUT2D eigenvalue weighted by Gasteiger charge is 2.26. The molecule has 43 heavy (non-hydrogen) atoms. The third kappa shape index (κ3) is 29.1. The third-order valence-electron chi connectivity index (χ3n) is 5.40. The van der Waals surface area contributed by atoms with Crippen LogP contribution in [0.25, 0.3) is 0 Å². The first-order valence-electron chi connectivity index (χ1n) is 14.7. The molecule has 0 bridgehead atoms. The predicted octanol–water partition coefficient (Wildman–Crippen LogP) is 6.95. The van der Waals surface area contributed by atoms with Crippen molar-refractivity contribution in [3.05, 3.63) is 85.1 Å². The minimum atomic E-state index is -4.40. The van der Waals surface area contributed by atoms with Crippen molar-refractivity contribution in [2.75, 3.05) is 47.5 Å². The lowest BCUT2D eigenvalue weighted by Gasteiger charge is -2.24. The van der Waals surface area contributed by atoms with Crippen molar-refractivity contribution in [3.63, 3.8) is 0 Å². The molecule has 0 heterocycles. The molecule has 1 unspecified atom stereocenters. The summed E-state index contributed by atoms with van der Waals surface area (Å²) < 4.78 is 33.5. The zero-order chi connectivity index (χ0) is 32.2. The lowest BCUT2D eigenvalue weighted by Crippen LogP contribution is -2.37. The standard InChI is InChI=1S/C33H52NO8P/c1-6-8-10-12-14-16-17-18-20-21-23-25-32(35)39-29-31(30-41-43(37,38)40-28-27-34(3,4)5)42-33(36)26-24-22-19-15-13-11-9-7-2/h6-9,12-15,17-18,21-24,31H,10-11,16,19-20,25-30H2,1-5H3/p+1/t31-/m1/s1. The molecule has 10 heteroatoms. The predicted molar refractivity (Wildman–Crippen MR) is 173 cm³/mol. The number of hydrogen-bond acceptors (Lipinski definition) is 7. The van der Waals surface area contributed by atoms with Gasteiger partial charge < -0.3 is 18.9 Å². The van der Waals surface area contributed by atoms with Crippen LogP contribution in [0.1, 0.15) is 58.8 Å². The molecule has 0 aromatic rings. The number of hydrogen-bond donors (Lipinski definition) is 1. The number of likely N-dealkylation sites (N-methyl/N-ethyl adjacent to an activating group) is 1. The van der Waals surface area contributed by atoms with Crippen molar-refractivity contribution in [2.45, 2.75) is 64.9 Å². The van der Waals surface area contributed by atoms with E-state index in [1.807, 2.05) is 83.6 Å². The van der Waals surface area contributed by atoms with Crippen LogP contribution < -0.4 is 0 Å². The summed E-state index contributed by atoms with van der Waals surface area (Å²) in [7, 11) is 1.36. The van der Waals surface area contributed by atoms with Gasteiger partial charge in [0.25, 0.3) is 0 Å². The highest BCUT2D eigenvalue weighted by molar-refractivity contribution is 7.47. The maximum Gasteiger partial charge on any atom is 0.472 e. The van der Waals surface area contributed by atoms with Crippen molar-refractivity contribution >= 4 is 19.8 Å². The maximum atomic E-state index is 12.4. The van der Waals surface area contributed by atoms with Gasteiger partial charge in [-0.2, -0.15) is 0 Å². The largest absolute Gasteiger partial charge is 0.472 e. The second-order valence-electron chi connectivity index (χ2n) is 10.5. The number of phosphoric acid groups is 1. The molecule has 0 amide bonds. The van der Waals surface area contributed by atoms with Crippen LogP contribution in [0.15, 0.2) is 85.1 Å². The Hall–Kier alpha value is -2.81. The number of allylic oxidation sites excluding steroid dienone is 12. The summed E-state index contributed by atoms with van der Waals surface area (Å²) in [4.78, 5) is 34.6. The first kappa shape index (κ1) is 40.2. The zero-order valence-corrected chi connectivity index (χ0v) is 27.5. The Labute approximate surface area is 259 Å². The van der Waals surface area contributed by atoms with Gasteiger partial charge in [0.1, 0.15) is 19.8 Å². The van der Waals surface area contributed by atoms with E-state index in [9.17, 15) is 19.0 Å². The van der Waals surface area contributed by atoms with Gasteiger partial charge in [-0.3, -0.25) is 18.6 Å². The maximum absolute atomic E-state index is 12.4. The Bertz CT molecular complexity index is 1020. The Balaban J connectivity index is 4.81. The Morgan fingerprint density at radius 3 is 1.58 bits per heavy atom. The van der Waals surface area contributed by atoms with Crippen LogP contribution in [0, 0.1) is 0 Å². The zero-order valence-electron chi connectivity index (χ0n) is 26.6. The molecule has 0 saturated heterocycles. The lowest BCUT2D eigenvalue weighted by atomic mass is 10.2. The Kier molecular flexibility index (Phi) is 24.0. The molecule has 0 aromatic carbocycles.